The van der Waals surface area contributed by atoms with Crippen molar-refractivity contribution in [2.24, 2.45) is 0 Å². The summed E-state index contributed by atoms with van der Waals surface area (Å²) in [5, 5.41) is 5.86. The summed E-state index contributed by atoms with van der Waals surface area (Å²) in [5.41, 5.74) is 0. The van der Waals surface area contributed by atoms with Crippen molar-refractivity contribution in [2.75, 3.05) is 19.7 Å². The van der Waals surface area contributed by atoms with Crippen molar-refractivity contribution in [3.8, 4) is 0 Å². The zero-order valence-corrected chi connectivity index (χ0v) is 8.84. The van der Waals surface area contributed by atoms with Crippen LogP contribution in [0.3, 0.4) is 0 Å². The number of alkyl carbamates (subject to hydrolysis) is 1. The largest absolute Gasteiger partial charge is 0.450 e. The minimum Gasteiger partial charge on any atom is -0.450 e. The maximum atomic E-state index is 11.1. The average Bonchev–Trinajstić information content (AvgIpc) is 2.11. The van der Waals surface area contributed by atoms with E-state index >= 15 is 0 Å². The van der Waals surface area contributed by atoms with Crippen molar-refractivity contribution in [1.82, 2.24) is 10.6 Å². The molecule has 0 spiro atoms. The summed E-state index contributed by atoms with van der Waals surface area (Å²) in [4.78, 5) is 11.1. The molecule has 2 N–H and O–H groups in total. The highest BCUT2D eigenvalue weighted by Gasteiger charge is 2.18. The maximum Gasteiger partial charge on any atom is 0.407 e. The summed E-state index contributed by atoms with van der Waals surface area (Å²) >= 11 is 0. The van der Waals surface area contributed by atoms with Gasteiger partial charge in [-0.2, -0.15) is 0 Å². The van der Waals surface area contributed by atoms with E-state index in [2.05, 4.69) is 17.6 Å². The number of unbranched alkanes of at least 4 members (excludes halogenated alkanes) is 3. The van der Waals surface area contributed by atoms with Gasteiger partial charge in [0.05, 0.1) is 12.6 Å². The normalized spacial score (nSPS) is 16.1. The monoisotopic (exact) mass is 200 g/mol. The number of nitrogens with one attached hydrogen (secondary N) is 2. The van der Waals surface area contributed by atoms with Gasteiger partial charge >= 0.3 is 6.09 Å². The number of rotatable bonds is 6. The van der Waals surface area contributed by atoms with E-state index in [9.17, 15) is 4.79 Å². The number of amides is 1. The molecule has 4 nitrogen and oxygen atoms in total. The van der Waals surface area contributed by atoms with Gasteiger partial charge in [0, 0.05) is 13.1 Å². The molecule has 0 aliphatic carbocycles. The molecule has 0 unspecified atom stereocenters. The van der Waals surface area contributed by atoms with Crippen molar-refractivity contribution in [1.29, 1.82) is 0 Å². The molecule has 0 saturated carbocycles. The van der Waals surface area contributed by atoms with Crippen LogP contribution >= 0.6 is 0 Å². The summed E-state index contributed by atoms with van der Waals surface area (Å²) < 4.78 is 5.02. The Morgan fingerprint density at radius 3 is 2.79 bits per heavy atom. The van der Waals surface area contributed by atoms with Crippen LogP contribution in [0, 0.1) is 0 Å². The van der Waals surface area contributed by atoms with Crippen LogP contribution in [-0.2, 0) is 4.74 Å². The molecule has 1 aliphatic rings. The molecule has 0 bridgehead atoms. The van der Waals surface area contributed by atoms with Gasteiger partial charge in [-0.3, -0.25) is 0 Å². The van der Waals surface area contributed by atoms with E-state index in [1.54, 1.807) is 0 Å². The summed E-state index contributed by atoms with van der Waals surface area (Å²) in [5.74, 6) is 0. The van der Waals surface area contributed by atoms with E-state index in [4.69, 9.17) is 4.74 Å². The molecule has 4 heteroatoms. The maximum absolute atomic E-state index is 11.1. The predicted molar refractivity (Wildman–Crippen MR) is 55.3 cm³/mol. The van der Waals surface area contributed by atoms with Crippen LogP contribution in [0.5, 0.6) is 0 Å². The van der Waals surface area contributed by atoms with Gasteiger partial charge in [-0.1, -0.05) is 26.2 Å². The lowest BCUT2D eigenvalue weighted by Gasteiger charge is -2.27. The number of hydrogen-bond donors (Lipinski definition) is 2. The molecule has 82 valence electrons. The Morgan fingerprint density at radius 2 is 2.21 bits per heavy atom. The van der Waals surface area contributed by atoms with Crippen molar-refractivity contribution < 1.29 is 9.53 Å². The van der Waals surface area contributed by atoms with Crippen LogP contribution in [0.25, 0.3) is 0 Å². The van der Waals surface area contributed by atoms with Crippen LogP contribution in [0.4, 0.5) is 4.79 Å². The molecule has 0 aromatic carbocycles. The van der Waals surface area contributed by atoms with Gasteiger partial charge in [0.2, 0.25) is 0 Å². The molecule has 14 heavy (non-hydrogen) atoms. The Morgan fingerprint density at radius 1 is 1.43 bits per heavy atom. The fourth-order valence-electron chi connectivity index (χ4n) is 1.29. The molecule has 0 aromatic heterocycles. The van der Waals surface area contributed by atoms with Crippen LogP contribution in [0.1, 0.15) is 32.6 Å². The standard InChI is InChI=1S/C10H20N2O2/c1-2-3-4-5-6-14-10(13)12-9-7-11-8-9/h9,11H,2-8H2,1H3,(H,12,13). The highest BCUT2D eigenvalue weighted by Crippen LogP contribution is 1.99. The number of hydrogen-bond acceptors (Lipinski definition) is 3. The van der Waals surface area contributed by atoms with Gasteiger partial charge in [-0.15, -0.1) is 0 Å². The first-order valence-electron chi connectivity index (χ1n) is 5.47. The molecule has 1 aliphatic heterocycles. The second kappa shape index (κ2) is 6.65. The van der Waals surface area contributed by atoms with Crippen LogP contribution in [-0.4, -0.2) is 31.8 Å². The van der Waals surface area contributed by atoms with Gasteiger partial charge in [0.15, 0.2) is 0 Å². The van der Waals surface area contributed by atoms with E-state index < -0.39 is 0 Å². The van der Waals surface area contributed by atoms with E-state index in [1.165, 1.54) is 12.8 Å². The quantitative estimate of drug-likeness (QED) is 0.635. The van der Waals surface area contributed by atoms with E-state index in [1.807, 2.05) is 0 Å². The van der Waals surface area contributed by atoms with Crippen molar-refractivity contribution in [3.63, 3.8) is 0 Å². The Bertz CT molecular complexity index is 170. The average molecular weight is 200 g/mol. The fourth-order valence-corrected chi connectivity index (χ4v) is 1.29. The third-order valence-corrected chi connectivity index (χ3v) is 2.33. The van der Waals surface area contributed by atoms with Crippen LogP contribution < -0.4 is 10.6 Å². The molecule has 1 rings (SSSR count). The van der Waals surface area contributed by atoms with Crippen molar-refractivity contribution in [3.05, 3.63) is 0 Å². The third-order valence-electron chi connectivity index (χ3n) is 2.33. The van der Waals surface area contributed by atoms with E-state index in [-0.39, 0.29) is 12.1 Å². The SMILES string of the molecule is CCCCCCOC(=O)NC1CNC1. The third kappa shape index (κ3) is 4.46. The topological polar surface area (TPSA) is 50.4 Å². The first kappa shape index (κ1) is 11.3. The highest BCUT2D eigenvalue weighted by molar-refractivity contribution is 5.67. The minimum atomic E-state index is -0.270. The van der Waals surface area contributed by atoms with Crippen LogP contribution in [0.15, 0.2) is 0 Å². The molecular formula is C10H20N2O2. The molecule has 1 amide bonds. The summed E-state index contributed by atoms with van der Waals surface area (Å²) in [6.07, 6.45) is 4.28. The highest BCUT2D eigenvalue weighted by atomic mass is 16.5. The molecule has 0 radical (unpaired) electrons. The lowest BCUT2D eigenvalue weighted by atomic mass is 10.2. The fraction of sp³-hybridized carbons (Fsp3) is 0.900. The molecule has 0 aromatic rings. The van der Waals surface area contributed by atoms with E-state index in [0.717, 1.165) is 25.9 Å². The number of carbonyl (C=O) groups excluding carboxylic acids is 1. The smallest absolute Gasteiger partial charge is 0.407 e. The first-order chi connectivity index (χ1) is 6.83. The Hall–Kier alpha value is -0.770. The van der Waals surface area contributed by atoms with E-state index in [0.29, 0.717) is 6.61 Å². The Balaban J connectivity index is 1.87. The minimum absolute atomic E-state index is 0.270. The van der Waals surface area contributed by atoms with Gasteiger partial charge in [0.25, 0.3) is 0 Å². The van der Waals surface area contributed by atoms with Crippen molar-refractivity contribution >= 4 is 6.09 Å². The lowest BCUT2D eigenvalue weighted by molar-refractivity contribution is 0.136. The van der Waals surface area contributed by atoms with Gasteiger partial charge in [0.1, 0.15) is 0 Å². The second-order valence-corrected chi connectivity index (χ2v) is 3.70. The molecule has 1 fully saturated rings. The molecule has 1 heterocycles. The number of ether oxygens (including phenoxy) is 1. The van der Waals surface area contributed by atoms with Gasteiger partial charge in [-0.25, -0.2) is 4.79 Å². The predicted octanol–water partition coefficient (Wildman–Crippen LogP) is 1.26. The summed E-state index contributed by atoms with van der Waals surface area (Å²) in [7, 11) is 0. The van der Waals surface area contributed by atoms with Crippen molar-refractivity contribution in [2.45, 2.75) is 38.6 Å². The second-order valence-electron chi connectivity index (χ2n) is 3.70. The summed E-state index contributed by atoms with van der Waals surface area (Å²) in [6.45, 7) is 4.44. The number of carbonyl (C=O) groups is 1. The van der Waals surface area contributed by atoms with Gasteiger partial charge in [-0.05, 0) is 6.42 Å². The Kier molecular flexibility index (Phi) is 5.37. The zero-order chi connectivity index (χ0) is 10.2. The molecule has 0 atom stereocenters. The Labute approximate surface area is 85.4 Å². The summed E-state index contributed by atoms with van der Waals surface area (Å²) in [6, 6.07) is 0.276. The first-order valence-corrected chi connectivity index (χ1v) is 5.47. The zero-order valence-electron chi connectivity index (χ0n) is 8.84. The molecular weight excluding hydrogens is 180 g/mol. The van der Waals surface area contributed by atoms with Crippen LogP contribution in [0.2, 0.25) is 0 Å². The lowest BCUT2D eigenvalue weighted by Crippen LogP contribution is -2.57. The van der Waals surface area contributed by atoms with Gasteiger partial charge < -0.3 is 15.4 Å². The molecule has 1 saturated heterocycles.